The topological polar surface area (TPSA) is 17.1 Å². The van der Waals surface area contributed by atoms with Crippen molar-refractivity contribution in [3.63, 3.8) is 0 Å². The Morgan fingerprint density at radius 1 is 0.696 bits per heavy atom. The summed E-state index contributed by atoms with van der Waals surface area (Å²) in [4.78, 5) is 0. The maximum Gasteiger partial charge on any atom is 0.173 e. The summed E-state index contributed by atoms with van der Waals surface area (Å²) in [5.41, 5.74) is 2.03. The highest BCUT2D eigenvalue weighted by Crippen LogP contribution is 2.65. The first-order valence-corrected chi connectivity index (χ1v) is 9.94. The summed E-state index contributed by atoms with van der Waals surface area (Å²) >= 11 is 3.72. The molecule has 0 fully saturated rings. The van der Waals surface area contributed by atoms with E-state index < -0.39 is 7.14 Å². The van der Waals surface area contributed by atoms with Gasteiger partial charge in [0.25, 0.3) is 0 Å². The van der Waals surface area contributed by atoms with Crippen LogP contribution >= 0.6 is 23.1 Å². The Labute approximate surface area is 144 Å². The molecule has 23 heavy (non-hydrogen) atoms. The molecule has 0 spiro atoms. The van der Waals surface area contributed by atoms with Crippen molar-refractivity contribution in [1.29, 1.82) is 0 Å². The molecule has 0 saturated carbocycles. The van der Waals surface area contributed by atoms with Crippen molar-refractivity contribution in [2.24, 2.45) is 0 Å². The number of halogens is 1. The molecule has 0 aromatic heterocycles. The molecule has 112 valence electrons. The molecule has 0 aliphatic carbocycles. The third-order valence-corrected chi connectivity index (χ3v) is 8.51. The van der Waals surface area contributed by atoms with E-state index in [9.17, 15) is 4.57 Å². The minimum Gasteiger partial charge on any atom is -0.309 e. The first-order valence-electron chi connectivity index (χ1n) is 7.44. The van der Waals surface area contributed by atoms with Crippen molar-refractivity contribution in [3.8, 4) is 0 Å². The van der Waals surface area contributed by atoms with Crippen LogP contribution in [0.1, 0.15) is 11.1 Å². The van der Waals surface area contributed by atoms with Gasteiger partial charge in [-0.1, -0.05) is 84.9 Å². The third kappa shape index (κ3) is 2.17. The predicted molar refractivity (Wildman–Crippen MR) is 102 cm³/mol. The van der Waals surface area contributed by atoms with Gasteiger partial charge in [0.2, 0.25) is 0 Å². The van der Waals surface area contributed by atoms with Gasteiger partial charge in [0, 0.05) is 26.0 Å². The smallest absolute Gasteiger partial charge is 0.173 e. The van der Waals surface area contributed by atoms with E-state index in [0.717, 1.165) is 31.5 Å². The highest BCUT2D eigenvalue weighted by Gasteiger charge is 2.41. The predicted octanol–water partition coefficient (Wildman–Crippen LogP) is 5.23. The molecule has 0 N–H and O–H groups in total. The lowest BCUT2D eigenvalue weighted by Gasteiger charge is -2.19. The zero-order chi connectivity index (χ0) is 15.9. The van der Waals surface area contributed by atoms with Gasteiger partial charge in [-0.25, -0.2) is 0 Å². The molecule has 0 bridgehead atoms. The van der Waals surface area contributed by atoms with Crippen LogP contribution in [0, 0.1) is 0 Å². The van der Waals surface area contributed by atoms with Crippen molar-refractivity contribution >= 4 is 43.5 Å². The molecule has 1 heterocycles. The highest BCUT2D eigenvalue weighted by molar-refractivity contribution is 9.15. The van der Waals surface area contributed by atoms with Crippen molar-refractivity contribution in [3.05, 3.63) is 96.1 Å². The molecule has 0 amide bonds. The molecule has 1 atom stereocenters. The Morgan fingerprint density at radius 2 is 1.26 bits per heavy atom. The second kappa shape index (κ2) is 5.63. The summed E-state index contributed by atoms with van der Waals surface area (Å²) in [7, 11) is -2.87. The van der Waals surface area contributed by atoms with Gasteiger partial charge in [0.15, 0.2) is 7.14 Å². The Bertz CT molecular complexity index is 946. The fourth-order valence-electron chi connectivity index (χ4n) is 3.13. The van der Waals surface area contributed by atoms with Crippen LogP contribution in [-0.2, 0) is 4.57 Å². The lowest BCUT2D eigenvalue weighted by atomic mass is 10.1. The normalized spacial score (nSPS) is 19.7. The Kier molecular flexibility index (Phi) is 3.60. The Balaban J connectivity index is 2.08. The van der Waals surface area contributed by atoms with Gasteiger partial charge in [-0.15, -0.1) is 0 Å². The van der Waals surface area contributed by atoms with Crippen LogP contribution in [0.5, 0.6) is 0 Å². The van der Waals surface area contributed by atoms with Gasteiger partial charge in [-0.3, -0.25) is 0 Å². The molecular formula is C20H14BrOP. The van der Waals surface area contributed by atoms with Crippen LogP contribution < -0.4 is 10.6 Å². The van der Waals surface area contributed by atoms with Gasteiger partial charge in [0.05, 0.1) is 0 Å². The zero-order valence-corrected chi connectivity index (χ0v) is 14.8. The molecule has 3 aromatic carbocycles. The molecule has 0 saturated heterocycles. The van der Waals surface area contributed by atoms with E-state index in [1.54, 1.807) is 0 Å². The van der Waals surface area contributed by atoms with Crippen LogP contribution in [0.4, 0.5) is 0 Å². The second-order valence-corrected chi connectivity index (χ2v) is 8.95. The lowest BCUT2D eigenvalue weighted by molar-refractivity contribution is 0.593. The number of hydrogen-bond acceptors (Lipinski definition) is 1. The van der Waals surface area contributed by atoms with E-state index in [-0.39, 0.29) is 0 Å². The number of hydrogen-bond donors (Lipinski definition) is 0. The van der Waals surface area contributed by atoms with Crippen molar-refractivity contribution in [1.82, 2.24) is 0 Å². The van der Waals surface area contributed by atoms with E-state index in [0.29, 0.717) is 0 Å². The van der Waals surface area contributed by atoms with E-state index in [1.807, 2.05) is 84.9 Å². The molecule has 1 aliphatic heterocycles. The van der Waals surface area contributed by atoms with Gasteiger partial charge in [-0.2, -0.15) is 0 Å². The Morgan fingerprint density at radius 3 is 1.96 bits per heavy atom. The van der Waals surface area contributed by atoms with Gasteiger partial charge in [-0.05, 0) is 21.5 Å². The quantitative estimate of drug-likeness (QED) is 0.556. The van der Waals surface area contributed by atoms with Crippen molar-refractivity contribution in [2.75, 3.05) is 0 Å². The molecule has 1 aliphatic rings. The summed E-state index contributed by atoms with van der Waals surface area (Å²) in [5.74, 6) is 0. The number of rotatable bonds is 2. The van der Waals surface area contributed by atoms with E-state index >= 15 is 0 Å². The van der Waals surface area contributed by atoms with E-state index in [2.05, 4.69) is 15.9 Å². The summed E-state index contributed by atoms with van der Waals surface area (Å²) < 4.78 is 15.2. The SMILES string of the molecule is O=P1(c2ccccc2)C(c2ccccc2)=C(Br)c2ccccc21. The molecule has 0 radical (unpaired) electrons. The first-order chi connectivity index (χ1) is 11.2. The minimum absolute atomic E-state index is 0.876. The number of benzene rings is 3. The van der Waals surface area contributed by atoms with Gasteiger partial charge >= 0.3 is 0 Å². The van der Waals surface area contributed by atoms with Crippen LogP contribution in [0.25, 0.3) is 9.80 Å². The van der Waals surface area contributed by atoms with Crippen LogP contribution in [0.15, 0.2) is 84.9 Å². The maximum absolute atomic E-state index is 14.3. The van der Waals surface area contributed by atoms with Crippen LogP contribution in [0.3, 0.4) is 0 Å². The third-order valence-electron chi connectivity index (χ3n) is 4.17. The largest absolute Gasteiger partial charge is 0.309 e. The molecule has 1 nitrogen and oxygen atoms in total. The number of fused-ring (bicyclic) bond motifs is 1. The molecule has 4 rings (SSSR count). The summed E-state index contributed by atoms with van der Waals surface area (Å²) in [6.45, 7) is 0. The lowest BCUT2D eigenvalue weighted by Crippen LogP contribution is -2.15. The fourth-order valence-corrected chi connectivity index (χ4v) is 7.71. The van der Waals surface area contributed by atoms with E-state index in [4.69, 9.17) is 0 Å². The average Bonchev–Trinajstić information content (AvgIpc) is 2.86. The summed E-state index contributed by atoms with van der Waals surface area (Å²) in [6, 6.07) is 27.8. The average molecular weight is 381 g/mol. The molecule has 1 unspecified atom stereocenters. The van der Waals surface area contributed by atoms with E-state index in [1.165, 1.54) is 0 Å². The monoisotopic (exact) mass is 380 g/mol. The Hall–Kier alpha value is -1.89. The highest BCUT2D eigenvalue weighted by atomic mass is 79.9. The molecular weight excluding hydrogens is 367 g/mol. The summed E-state index contributed by atoms with van der Waals surface area (Å²) in [6.07, 6.45) is 0. The fraction of sp³-hybridized carbons (Fsp3) is 0. The van der Waals surface area contributed by atoms with Crippen molar-refractivity contribution in [2.45, 2.75) is 0 Å². The molecule has 3 heteroatoms. The summed E-state index contributed by atoms with van der Waals surface area (Å²) in [5, 5.41) is 2.68. The van der Waals surface area contributed by atoms with Crippen LogP contribution in [0.2, 0.25) is 0 Å². The van der Waals surface area contributed by atoms with Gasteiger partial charge in [0.1, 0.15) is 0 Å². The second-order valence-electron chi connectivity index (χ2n) is 5.49. The van der Waals surface area contributed by atoms with Crippen molar-refractivity contribution < 1.29 is 4.57 Å². The maximum atomic E-state index is 14.3. The first kappa shape index (κ1) is 14.7. The molecule has 3 aromatic rings. The van der Waals surface area contributed by atoms with Gasteiger partial charge < -0.3 is 4.57 Å². The zero-order valence-electron chi connectivity index (χ0n) is 12.3. The standard InChI is InChI=1S/C20H14BrOP/c21-19-17-13-7-8-14-18(17)23(22,16-11-5-2-6-12-16)20(19)15-9-3-1-4-10-15/h1-14H. The van der Waals surface area contributed by atoms with Crippen LogP contribution in [-0.4, -0.2) is 0 Å². The minimum atomic E-state index is -2.87.